The van der Waals surface area contributed by atoms with E-state index in [9.17, 15) is 0 Å². The molecule has 2 rings (SSSR count). The Labute approximate surface area is 95.4 Å². The molecule has 0 amide bonds. The minimum absolute atomic E-state index is 0.0185. The van der Waals surface area contributed by atoms with Crippen LogP contribution >= 0.6 is 11.3 Å². The molecule has 2 N–H and O–H groups in total. The predicted octanol–water partition coefficient (Wildman–Crippen LogP) is 2.93. The molecular weight excluding hydrogens is 206 g/mol. The van der Waals surface area contributed by atoms with Gasteiger partial charge in [-0.05, 0) is 45.2 Å². The van der Waals surface area contributed by atoms with Crippen LogP contribution in [0.1, 0.15) is 41.1 Å². The molecule has 1 saturated heterocycles. The molecule has 0 radical (unpaired) electrons. The highest BCUT2D eigenvalue weighted by atomic mass is 32.1. The van der Waals surface area contributed by atoms with Gasteiger partial charge in [0.1, 0.15) is 0 Å². The fourth-order valence-corrected chi connectivity index (χ4v) is 3.31. The van der Waals surface area contributed by atoms with E-state index in [1.807, 2.05) is 11.3 Å². The first kappa shape index (κ1) is 11.1. The Balaban J connectivity index is 2.27. The molecule has 0 spiro atoms. The molecule has 0 aliphatic carbocycles. The number of hydrogen-bond acceptors (Lipinski definition) is 3. The van der Waals surface area contributed by atoms with Crippen LogP contribution in [-0.4, -0.2) is 12.2 Å². The Hall–Kier alpha value is -0.380. The zero-order chi connectivity index (χ0) is 11.1. The van der Waals surface area contributed by atoms with E-state index in [-0.39, 0.29) is 11.6 Å². The van der Waals surface area contributed by atoms with Gasteiger partial charge in [-0.1, -0.05) is 0 Å². The van der Waals surface area contributed by atoms with E-state index >= 15 is 0 Å². The Bertz CT molecular complexity index is 353. The number of aryl methyl sites for hydroxylation is 2. The fraction of sp³-hybridized carbons (Fsp3) is 0.667. The molecule has 2 unspecified atom stereocenters. The molecular formula is C12H19NOS. The molecule has 2 heterocycles. The summed E-state index contributed by atoms with van der Waals surface area (Å²) in [6.07, 6.45) is 2.20. The van der Waals surface area contributed by atoms with Crippen LogP contribution in [0.15, 0.2) is 6.07 Å². The van der Waals surface area contributed by atoms with Crippen LogP contribution < -0.4 is 5.73 Å². The van der Waals surface area contributed by atoms with Gasteiger partial charge in [-0.25, -0.2) is 0 Å². The summed E-state index contributed by atoms with van der Waals surface area (Å²) in [5, 5.41) is 0. The van der Waals surface area contributed by atoms with Crippen molar-refractivity contribution < 1.29 is 4.74 Å². The quantitative estimate of drug-likeness (QED) is 0.840. The van der Waals surface area contributed by atoms with Crippen molar-refractivity contribution >= 4 is 11.3 Å². The molecule has 1 aromatic rings. The molecule has 84 valence electrons. The third-order valence-electron chi connectivity index (χ3n) is 3.32. The number of hydrogen-bond donors (Lipinski definition) is 1. The summed E-state index contributed by atoms with van der Waals surface area (Å²) in [7, 11) is 0. The third-order valence-corrected chi connectivity index (χ3v) is 4.30. The molecule has 0 aromatic carbocycles. The minimum atomic E-state index is -0.154. The van der Waals surface area contributed by atoms with Crippen molar-refractivity contribution in [1.82, 2.24) is 0 Å². The Morgan fingerprint density at radius 1 is 1.53 bits per heavy atom. The average molecular weight is 225 g/mol. The molecule has 1 fully saturated rings. The van der Waals surface area contributed by atoms with Crippen LogP contribution in [0.25, 0.3) is 0 Å². The maximum absolute atomic E-state index is 6.33. The number of rotatable bonds is 2. The van der Waals surface area contributed by atoms with Crippen molar-refractivity contribution in [2.45, 2.75) is 45.3 Å². The van der Waals surface area contributed by atoms with Crippen molar-refractivity contribution in [3.8, 4) is 0 Å². The topological polar surface area (TPSA) is 35.2 Å². The van der Waals surface area contributed by atoms with Gasteiger partial charge >= 0.3 is 0 Å². The van der Waals surface area contributed by atoms with Gasteiger partial charge in [-0.15, -0.1) is 11.3 Å². The van der Waals surface area contributed by atoms with E-state index in [0.717, 1.165) is 19.4 Å². The smallest absolute Gasteiger partial charge is 0.0847 e. The standard InChI is InChI=1S/C12H19NOS/c1-8-7-10(9(2)15-8)11(13)12(3)5-4-6-14-12/h7,11H,4-6,13H2,1-3H3. The van der Waals surface area contributed by atoms with Crippen molar-refractivity contribution in [3.05, 3.63) is 21.4 Å². The van der Waals surface area contributed by atoms with Crippen LogP contribution in [0.3, 0.4) is 0 Å². The van der Waals surface area contributed by atoms with Crippen LogP contribution in [0.4, 0.5) is 0 Å². The Morgan fingerprint density at radius 3 is 2.73 bits per heavy atom. The first-order valence-corrected chi connectivity index (χ1v) is 6.31. The van der Waals surface area contributed by atoms with Crippen molar-refractivity contribution in [1.29, 1.82) is 0 Å². The van der Waals surface area contributed by atoms with Crippen molar-refractivity contribution in [2.24, 2.45) is 5.73 Å². The van der Waals surface area contributed by atoms with Gasteiger partial charge in [0.25, 0.3) is 0 Å². The highest BCUT2D eigenvalue weighted by molar-refractivity contribution is 7.12. The maximum Gasteiger partial charge on any atom is 0.0847 e. The van der Waals surface area contributed by atoms with E-state index in [2.05, 4.69) is 26.8 Å². The zero-order valence-electron chi connectivity index (χ0n) is 9.67. The van der Waals surface area contributed by atoms with Gasteiger partial charge in [0.15, 0.2) is 0 Å². The molecule has 0 saturated carbocycles. The monoisotopic (exact) mass is 225 g/mol. The molecule has 2 nitrogen and oxygen atoms in total. The lowest BCUT2D eigenvalue weighted by Gasteiger charge is -2.30. The molecule has 2 atom stereocenters. The summed E-state index contributed by atoms with van der Waals surface area (Å²) >= 11 is 1.82. The highest BCUT2D eigenvalue weighted by Gasteiger charge is 2.38. The predicted molar refractivity (Wildman–Crippen MR) is 64.3 cm³/mol. The molecule has 15 heavy (non-hydrogen) atoms. The van der Waals surface area contributed by atoms with Gasteiger partial charge in [0.05, 0.1) is 11.6 Å². The van der Waals surface area contributed by atoms with Gasteiger partial charge in [0.2, 0.25) is 0 Å². The van der Waals surface area contributed by atoms with Gasteiger partial charge < -0.3 is 10.5 Å². The summed E-state index contributed by atoms with van der Waals surface area (Å²) in [6, 6.07) is 2.22. The summed E-state index contributed by atoms with van der Waals surface area (Å²) in [4.78, 5) is 2.66. The average Bonchev–Trinajstić information content (AvgIpc) is 2.73. The van der Waals surface area contributed by atoms with E-state index < -0.39 is 0 Å². The number of nitrogens with two attached hydrogens (primary N) is 1. The molecule has 1 aromatic heterocycles. The number of thiophene rings is 1. The van der Waals surface area contributed by atoms with Crippen LogP contribution in [-0.2, 0) is 4.74 Å². The van der Waals surface area contributed by atoms with Crippen molar-refractivity contribution in [2.75, 3.05) is 6.61 Å². The lowest BCUT2D eigenvalue weighted by Crippen LogP contribution is -2.37. The summed E-state index contributed by atoms with van der Waals surface area (Å²) in [5.41, 5.74) is 7.44. The maximum atomic E-state index is 6.33. The second-order valence-corrected chi connectivity index (χ2v) is 6.07. The third kappa shape index (κ3) is 1.96. The molecule has 1 aliphatic rings. The van der Waals surface area contributed by atoms with E-state index in [0.29, 0.717) is 0 Å². The SMILES string of the molecule is Cc1cc(C(N)C2(C)CCCO2)c(C)s1. The first-order chi connectivity index (χ1) is 7.03. The molecule has 0 bridgehead atoms. The lowest BCUT2D eigenvalue weighted by atomic mass is 9.88. The summed E-state index contributed by atoms with van der Waals surface area (Å²) in [5.74, 6) is 0. The van der Waals surface area contributed by atoms with E-state index in [1.165, 1.54) is 15.3 Å². The first-order valence-electron chi connectivity index (χ1n) is 5.49. The second-order valence-electron chi connectivity index (χ2n) is 4.61. The lowest BCUT2D eigenvalue weighted by molar-refractivity contribution is -0.00177. The zero-order valence-corrected chi connectivity index (χ0v) is 10.5. The van der Waals surface area contributed by atoms with Crippen LogP contribution in [0.5, 0.6) is 0 Å². The highest BCUT2D eigenvalue weighted by Crippen LogP contribution is 2.38. The normalized spacial score (nSPS) is 28.3. The van der Waals surface area contributed by atoms with Crippen molar-refractivity contribution in [3.63, 3.8) is 0 Å². The van der Waals surface area contributed by atoms with Gasteiger partial charge in [0, 0.05) is 16.4 Å². The van der Waals surface area contributed by atoms with Gasteiger partial charge in [-0.3, -0.25) is 0 Å². The molecule has 1 aliphatic heterocycles. The van der Waals surface area contributed by atoms with E-state index in [4.69, 9.17) is 10.5 Å². The number of ether oxygens (including phenoxy) is 1. The minimum Gasteiger partial charge on any atom is -0.373 e. The summed E-state index contributed by atoms with van der Waals surface area (Å²) < 4.78 is 5.80. The van der Waals surface area contributed by atoms with E-state index in [1.54, 1.807) is 0 Å². The largest absolute Gasteiger partial charge is 0.373 e. The van der Waals surface area contributed by atoms with Gasteiger partial charge in [-0.2, -0.15) is 0 Å². The Kier molecular flexibility index (Phi) is 2.88. The summed E-state index contributed by atoms with van der Waals surface area (Å²) in [6.45, 7) is 7.26. The fourth-order valence-electron chi connectivity index (χ4n) is 2.33. The second kappa shape index (κ2) is 3.89. The van der Waals surface area contributed by atoms with Crippen LogP contribution in [0, 0.1) is 13.8 Å². The molecule has 3 heteroatoms. The van der Waals surface area contributed by atoms with Crippen LogP contribution in [0.2, 0.25) is 0 Å². The Morgan fingerprint density at radius 2 is 2.27 bits per heavy atom.